The maximum Gasteiger partial charge on any atom is 0.193 e. The largest absolute Gasteiger partial charge is 0.497 e. The fourth-order valence-corrected chi connectivity index (χ4v) is 3.81. The van der Waals surface area contributed by atoms with Gasteiger partial charge in [-0.25, -0.2) is 0 Å². The molecular weight excluding hydrogens is 519 g/mol. The van der Waals surface area contributed by atoms with Crippen molar-refractivity contribution < 1.29 is 14.2 Å². The molecule has 0 radical (unpaired) electrons. The average molecular weight is 554 g/mol. The minimum absolute atomic E-state index is 0. The number of hydrogen-bond acceptors (Lipinski definition) is 5. The number of ether oxygens (including phenoxy) is 3. The van der Waals surface area contributed by atoms with Crippen molar-refractivity contribution in [3.63, 3.8) is 0 Å². The van der Waals surface area contributed by atoms with Crippen LogP contribution in [0.15, 0.2) is 47.5 Å². The molecule has 0 atom stereocenters. The molecule has 7 nitrogen and oxygen atoms in total. The smallest absolute Gasteiger partial charge is 0.193 e. The highest BCUT2D eigenvalue weighted by Gasteiger charge is 2.20. The normalized spacial score (nSPS) is 14.5. The van der Waals surface area contributed by atoms with Gasteiger partial charge in [0, 0.05) is 51.9 Å². The van der Waals surface area contributed by atoms with E-state index in [4.69, 9.17) is 14.2 Å². The first kappa shape index (κ1) is 26.1. The van der Waals surface area contributed by atoms with Crippen LogP contribution in [0.3, 0.4) is 0 Å². The zero-order valence-corrected chi connectivity index (χ0v) is 21.8. The van der Waals surface area contributed by atoms with Gasteiger partial charge in [0.1, 0.15) is 17.2 Å². The summed E-state index contributed by atoms with van der Waals surface area (Å²) in [7, 11) is 6.94. The van der Waals surface area contributed by atoms with Gasteiger partial charge in [0.05, 0.1) is 21.3 Å². The highest BCUT2D eigenvalue weighted by atomic mass is 127. The van der Waals surface area contributed by atoms with Crippen molar-refractivity contribution in [1.82, 2.24) is 15.1 Å². The minimum atomic E-state index is 0. The number of halogens is 1. The van der Waals surface area contributed by atoms with E-state index >= 15 is 0 Å². The Labute approximate surface area is 208 Å². The number of aliphatic imine (C=N–C) groups is 1. The molecule has 1 N–H and O–H groups in total. The van der Waals surface area contributed by atoms with Gasteiger partial charge in [0.2, 0.25) is 0 Å². The summed E-state index contributed by atoms with van der Waals surface area (Å²) >= 11 is 0. The number of nitrogens with one attached hydrogen (secondary N) is 1. The Kier molecular flexibility index (Phi) is 10.9. The summed E-state index contributed by atoms with van der Waals surface area (Å²) in [6.07, 6.45) is 0.943. The second kappa shape index (κ2) is 13.4. The number of rotatable bonds is 8. The van der Waals surface area contributed by atoms with Crippen LogP contribution in [-0.4, -0.2) is 76.9 Å². The van der Waals surface area contributed by atoms with Crippen LogP contribution in [0.1, 0.15) is 11.1 Å². The lowest BCUT2D eigenvalue weighted by Gasteiger charge is -2.36. The SMILES string of the molecule is CN=C(NCCc1ccc(OC)cc1)N1CCN(Cc2cc(OC)ccc2OC)CC1.I. The highest BCUT2D eigenvalue weighted by Crippen LogP contribution is 2.25. The predicted octanol–water partition coefficient (Wildman–Crippen LogP) is 3.27. The van der Waals surface area contributed by atoms with E-state index in [1.165, 1.54) is 5.56 Å². The maximum atomic E-state index is 5.53. The van der Waals surface area contributed by atoms with Crippen LogP contribution in [0.25, 0.3) is 0 Å². The van der Waals surface area contributed by atoms with Crippen LogP contribution >= 0.6 is 24.0 Å². The number of guanidine groups is 1. The van der Waals surface area contributed by atoms with Crippen molar-refractivity contribution in [2.24, 2.45) is 4.99 Å². The quantitative estimate of drug-likeness (QED) is 0.307. The van der Waals surface area contributed by atoms with E-state index in [0.717, 1.165) is 74.5 Å². The third kappa shape index (κ3) is 7.16. The Balaban J connectivity index is 0.00000363. The van der Waals surface area contributed by atoms with Crippen molar-refractivity contribution in [2.45, 2.75) is 13.0 Å². The van der Waals surface area contributed by atoms with E-state index in [2.05, 4.69) is 38.3 Å². The lowest BCUT2D eigenvalue weighted by Crippen LogP contribution is -2.52. The molecule has 0 saturated carbocycles. The molecule has 2 aromatic carbocycles. The average Bonchev–Trinajstić information content (AvgIpc) is 2.83. The molecule has 0 unspecified atom stereocenters. The van der Waals surface area contributed by atoms with Gasteiger partial charge in [-0.2, -0.15) is 0 Å². The molecule has 0 spiro atoms. The molecule has 3 rings (SSSR count). The molecule has 0 bridgehead atoms. The van der Waals surface area contributed by atoms with Crippen LogP contribution in [0, 0.1) is 0 Å². The molecule has 1 aliphatic rings. The number of hydrogen-bond donors (Lipinski definition) is 1. The van der Waals surface area contributed by atoms with Crippen LogP contribution in [-0.2, 0) is 13.0 Å². The number of piperazine rings is 1. The number of methoxy groups -OCH3 is 3. The molecule has 1 aliphatic heterocycles. The van der Waals surface area contributed by atoms with Crippen molar-refractivity contribution in [3.05, 3.63) is 53.6 Å². The molecule has 1 fully saturated rings. The van der Waals surface area contributed by atoms with E-state index < -0.39 is 0 Å². The van der Waals surface area contributed by atoms with Gasteiger partial charge < -0.3 is 24.4 Å². The minimum Gasteiger partial charge on any atom is -0.497 e. The summed E-state index contributed by atoms with van der Waals surface area (Å²) in [6.45, 7) is 5.51. The fourth-order valence-electron chi connectivity index (χ4n) is 3.81. The van der Waals surface area contributed by atoms with Crippen LogP contribution in [0.4, 0.5) is 0 Å². The summed E-state index contributed by atoms with van der Waals surface area (Å²) in [5, 5.41) is 3.50. The second-order valence-corrected chi connectivity index (χ2v) is 7.51. The van der Waals surface area contributed by atoms with E-state index in [9.17, 15) is 0 Å². The summed E-state index contributed by atoms with van der Waals surface area (Å²) in [6, 6.07) is 14.2. The fraction of sp³-hybridized carbons (Fsp3) is 0.458. The Morgan fingerprint density at radius 2 is 1.56 bits per heavy atom. The van der Waals surface area contributed by atoms with Gasteiger partial charge >= 0.3 is 0 Å². The standard InChI is InChI=1S/C24H34N4O3.HI/c1-25-24(26-12-11-19-5-7-21(29-2)8-6-19)28-15-13-27(14-16-28)18-20-17-22(30-3)9-10-23(20)31-4;/h5-10,17H,11-16,18H2,1-4H3,(H,25,26);1H. The van der Waals surface area contributed by atoms with Gasteiger partial charge in [-0.3, -0.25) is 9.89 Å². The van der Waals surface area contributed by atoms with E-state index in [0.29, 0.717) is 0 Å². The van der Waals surface area contributed by atoms with Crippen molar-refractivity contribution in [3.8, 4) is 17.2 Å². The molecular formula is C24H35IN4O3. The molecule has 8 heteroatoms. The number of benzene rings is 2. The summed E-state index contributed by atoms with van der Waals surface area (Å²) in [5.41, 5.74) is 2.43. The monoisotopic (exact) mass is 554 g/mol. The van der Waals surface area contributed by atoms with Gasteiger partial charge in [-0.05, 0) is 42.3 Å². The van der Waals surface area contributed by atoms with Crippen LogP contribution in [0.5, 0.6) is 17.2 Å². The molecule has 0 aliphatic carbocycles. The van der Waals surface area contributed by atoms with Crippen molar-refractivity contribution in [1.29, 1.82) is 0 Å². The first-order valence-corrected chi connectivity index (χ1v) is 10.7. The lowest BCUT2D eigenvalue weighted by atomic mass is 10.1. The number of nitrogens with zero attached hydrogens (tertiary/aromatic N) is 3. The van der Waals surface area contributed by atoms with E-state index in [1.807, 2.05) is 31.3 Å². The Hall–Kier alpha value is -2.20. The molecule has 1 heterocycles. The summed E-state index contributed by atoms with van der Waals surface area (Å²) in [4.78, 5) is 9.26. The Bertz CT molecular complexity index is 853. The molecule has 176 valence electrons. The Morgan fingerprint density at radius 3 is 2.16 bits per heavy atom. The first-order chi connectivity index (χ1) is 15.2. The second-order valence-electron chi connectivity index (χ2n) is 7.51. The topological polar surface area (TPSA) is 58.6 Å². The highest BCUT2D eigenvalue weighted by molar-refractivity contribution is 14.0. The summed E-state index contributed by atoms with van der Waals surface area (Å²) in [5.74, 6) is 3.61. The van der Waals surface area contributed by atoms with E-state index in [1.54, 1.807) is 21.3 Å². The lowest BCUT2D eigenvalue weighted by molar-refractivity contribution is 0.171. The molecule has 1 saturated heterocycles. The maximum absolute atomic E-state index is 5.53. The molecule has 32 heavy (non-hydrogen) atoms. The van der Waals surface area contributed by atoms with Crippen LogP contribution in [0.2, 0.25) is 0 Å². The molecule has 0 aromatic heterocycles. The van der Waals surface area contributed by atoms with E-state index in [-0.39, 0.29) is 24.0 Å². The van der Waals surface area contributed by atoms with Gasteiger partial charge in [-0.15, -0.1) is 24.0 Å². The zero-order chi connectivity index (χ0) is 22.1. The van der Waals surface area contributed by atoms with Gasteiger partial charge in [0.25, 0.3) is 0 Å². The van der Waals surface area contributed by atoms with Crippen molar-refractivity contribution >= 4 is 29.9 Å². The van der Waals surface area contributed by atoms with Gasteiger partial charge in [0.15, 0.2) is 5.96 Å². The van der Waals surface area contributed by atoms with Gasteiger partial charge in [-0.1, -0.05) is 12.1 Å². The third-order valence-corrected chi connectivity index (χ3v) is 5.62. The zero-order valence-electron chi connectivity index (χ0n) is 19.5. The molecule has 0 amide bonds. The summed E-state index contributed by atoms with van der Waals surface area (Å²) < 4.78 is 16.1. The van der Waals surface area contributed by atoms with Crippen LogP contribution < -0.4 is 19.5 Å². The third-order valence-electron chi connectivity index (χ3n) is 5.62. The van der Waals surface area contributed by atoms with Crippen molar-refractivity contribution in [2.75, 3.05) is 61.1 Å². The first-order valence-electron chi connectivity index (χ1n) is 10.7. The predicted molar refractivity (Wildman–Crippen MR) is 140 cm³/mol. The Morgan fingerprint density at radius 1 is 0.906 bits per heavy atom. The molecule has 2 aromatic rings.